The van der Waals surface area contributed by atoms with Crippen molar-refractivity contribution in [2.75, 3.05) is 18.2 Å². The molecule has 12 nitrogen and oxygen atoms in total. The minimum Gasteiger partial charge on any atom is -0.619 e. The molecule has 2 aliphatic rings. The van der Waals surface area contributed by atoms with Crippen molar-refractivity contribution in [2.45, 2.75) is 49.8 Å². The van der Waals surface area contributed by atoms with Crippen LogP contribution >= 0.6 is 35.0 Å². The van der Waals surface area contributed by atoms with Crippen molar-refractivity contribution in [1.82, 2.24) is 14.4 Å². The van der Waals surface area contributed by atoms with Crippen LogP contribution in [0.15, 0.2) is 52.3 Å². The van der Waals surface area contributed by atoms with Crippen LogP contribution in [0.5, 0.6) is 11.5 Å². The molecule has 0 amide bonds. The number of hydrogen-bond donors (Lipinski definition) is 0. The molecular formula is C29H26Cl2F2N4O8S2. The number of fused-ring (bicyclic) bond motifs is 1. The van der Waals surface area contributed by atoms with Gasteiger partial charge in [-0.25, -0.2) is 13.4 Å². The van der Waals surface area contributed by atoms with E-state index in [4.69, 9.17) is 37.2 Å². The van der Waals surface area contributed by atoms with E-state index in [-0.39, 0.29) is 68.3 Å². The Morgan fingerprint density at radius 2 is 1.96 bits per heavy atom. The molecular weight excluding hydrogens is 705 g/mol. The summed E-state index contributed by atoms with van der Waals surface area (Å²) < 4.78 is 76.8. The highest BCUT2D eigenvalue weighted by molar-refractivity contribution is 8.00. The first-order chi connectivity index (χ1) is 22.4. The molecule has 2 atom stereocenters. The molecule has 2 fully saturated rings. The zero-order chi connectivity index (χ0) is 33.5. The van der Waals surface area contributed by atoms with E-state index in [1.54, 1.807) is 6.92 Å². The van der Waals surface area contributed by atoms with Crippen LogP contribution in [-0.4, -0.2) is 59.7 Å². The first-order valence-corrected chi connectivity index (χ1v) is 17.6. The molecule has 1 aliphatic carbocycles. The molecule has 1 saturated carbocycles. The van der Waals surface area contributed by atoms with Gasteiger partial charge in [0.05, 0.1) is 29.8 Å². The number of ether oxygens (including phenoxy) is 3. The fourth-order valence-corrected chi connectivity index (χ4v) is 8.63. The van der Waals surface area contributed by atoms with E-state index in [2.05, 4.69) is 14.9 Å². The number of alkyl halides is 2. The van der Waals surface area contributed by atoms with Gasteiger partial charge < -0.3 is 23.9 Å². The number of pyridine rings is 2. The third-order valence-corrected chi connectivity index (χ3v) is 11.3. The molecule has 47 heavy (non-hydrogen) atoms. The van der Waals surface area contributed by atoms with Gasteiger partial charge in [-0.2, -0.15) is 17.8 Å². The standard InChI is InChI=1S/C29H26Cl2F2N4O8S2/c1-15-19-7-18(9-34-27(19)45-35-15)47(40,41)37-14-46-13-23(37)28(38)43-25(8-20-21(30)10-36(39)11-22(20)31)17-4-5-24(44-29(32)33)26(6-17)42-12-16-2-3-16/h4-7,9-11,16,23,25,29H,2-3,8,12-14H2,1H3/t23-,25-/m0/s1. The summed E-state index contributed by atoms with van der Waals surface area (Å²) in [6.45, 7) is -1.20. The molecule has 0 unspecified atom stereocenters. The van der Waals surface area contributed by atoms with Gasteiger partial charge in [-0.1, -0.05) is 34.4 Å². The summed E-state index contributed by atoms with van der Waals surface area (Å²) in [6, 6.07) is 4.24. The van der Waals surface area contributed by atoms with E-state index in [9.17, 15) is 27.2 Å². The van der Waals surface area contributed by atoms with E-state index in [0.29, 0.717) is 21.4 Å². The van der Waals surface area contributed by atoms with Crippen LogP contribution in [0.4, 0.5) is 8.78 Å². The van der Waals surface area contributed by atoms with E-state index < -0.39 is 34.7 Å². The number of carbonyl (C=O) groups excluding carboxylic acids is 1. The second-order valence-corrected chi connectivity index (χ2v) is 14.7. The highest BCUT2D eigenvalue weighted by atomic mass is 35.5. The van der Waals surface area contributed by atoms with Crippen LogP contribution < -0.4 is 14.2 Å². The largest absolute Gasteiger partial charge is 0.619 e. The van der Waals surface area contributed by atoms with E-state index in [1.165, 1.54) is 36.0 Å². The zero-order valence-electron chi connectivity index (χ0n) is 24.5. The third-order valence-electron chi connectivity index (χ3n) is 7.64. The predicted octanol–water partition coefficient (Wildman–Crippen LogP) is 5.45. The monoisotopic (exact) mass is 730 g/mol. The van der Waals surface area contributed by atoms with Gasteiger partial charge in [0.2, 0.25) is 10.0 Å². The quantitative estimate of drug-likeness (QED) is 0.104. The maximum absolute atomic E-state index is 13.8. The number of rotatable bonds is 12. The summed E-state index contributed by atoms with van der Waals surface area (Å²) in [6.07, 6.45) is 3.85. The molecule has 0 spiro atoms. The number of aromatic nitrogens is 3. The Morgan fingerprint density at radius 1 is 1.21 bits per heavy atom. The number of halogens is 4. The summed E-state index contributed by atoms with van der Waals surface area (Å²) in [5.74, 6) is -0.751. The van der Waals surface area contributed by atoms with Gasteiger partial charge in [-0.15, -0.1) is 11.8 Å². The van der Waals surface area contributed by atoms with Crippen LogP contribution in [0.3, 0.4) is 0 Å². The number of carbonyl (C=O) groups is 1. The number of sulfonamides is 1. The smallest absolute Gasteiger partial charge is 0.387 e. The summed E-state index contributed by atoms with van der Waals surface area (Å²) in [7, 11) is -4.24. The Kier molecular flexibility index (Phi) is 9.67. The van der Waals surface area contributed by atoms with Gasteiger partial charge in [0.15, 0.2) is 23.9 Å². The Balaban J connectivity index is 1.32. The molecule has 0 N–H and O–H groups in total. The van der Waals surface area contributed by atoms with Gasteiger partial charge in [-0.3, -0.25) is 4.79 Å². The molecule has 250 valence electrons. The number of benzene rings is 1. The number of aryl methyl sites for hydroxylation is 1. The summed E-state index contributed by atoms with van der Waals surface area (Å²) >= 11 is 13.9. The minimum atomic E-state index is -4.24. The minimum absolute atomic E-state index is 0.00551. The summed E-state index contributed by atoms with van der Waals surface area (Å²) in [5, 5.41) is 16.1. The van der Waals surface area contributed by atoms with Gasteiger partial charge in [-0.05, 0) is 49.4 Å². The van der Waals surface area contributed by atoms with E-state index in [1.807, 2.05) is 0 Å². The Morgan fingerprint density at radius 3 is 2.66 bits per heavy atom. The lowest BCUT2D eigenvalue weighted by atomic mass is 10.0. The number of nitrogens with zero attached hydrogens (tertiary/aromatic N) is 4. The highest BCUT2D eigenvalue weighted by Gasteiger charge is 2.42. The topological polar surface area (TPSA) is 148 Å². The van der Waals surface area contributed by atoms with Crippen molar-refractivity contribution in [2.24, 2.45) is 5.92 Å². The molecule has 1 saturated heterocycles. The molecule has 4 aromatic rings. The van der Waals surface area contributed by atoms with Gasteiger partial charge in [0.1, 0.15) is 27.1 Å². The molecule has 3 aromatic heterocycles. The summed E-state index contributed by atoms with van der Waals surface area (Å²) in [4.78, 5) is 17.7. The lowest BCUT2D eigenvalue weighted by Gasteiger charge is -2.26. The summed E-state index contributed by atoms with van der Waals surface area (Å²) in [5.41, 5.74) is 1.18. The molecule has 1 aliphatic heterocycles. The maximum atomic E-state index is 13.8. The number of esters is 1. The fraction of sp³-hybridized carbons (Fsp3) is 0.379. The van der Waals surface area contributed by atoms with E-state index in [0.717, 1.165) is 35.7 Å². The van der Waals surface area contributed by atoms with E-state index >= 15 is 0 Å². The first kappa shape index (κ1) is 33.5. The first-order valence-electron chi connectivity index (χ1n) is 14.2. The van der Waals surface area contributed by atoms with Crippen molar-refractivity contribution in [3.63, 3.8) is 0 Å². The van der Waals surface area contributed by atoms with Gasteiger partial charge in [0.25, 0.3) is 5.71 Å². The van der Waals surface area contributed by atoms with Crippen LogP contribution in [0.1, 0.15) is 35.8 Å². The van der Waals surface area contributed by atoms with Crippen molar-refractivity contribution in [3.05, 3.63) is 74.9 Å². The van der Waals surface area contributed by atoms with Crippen molar-refractivity contribution in [3.8, 4) is 11.5 Å². The molecule has 18 heteroatoms. The second kappa shape index (κ2) is 13.6. The van der Waals surface area contributed by atoms with Crippen LogP contribution in [-0.2, 0) is 26.0 Å². The molecule has 4 heterocycles. The van der Waals surface area contributed by atoms with Crippen LogP contribution in [0.2, 0.25) is 10.0 Å². The maximum Gasteiger partial charge on any atom is 0.387 e. The second-order valence-electron chi connectivity index (χ2n) is 11.0. The van der Waals surface area contributed by atoms with Crippen molar-refractivity contribution < 1.29 is 45.5 Å². The third kappa shape index (κ3) is 7.36. The molecule has 6 rings (SSSR count). The Labute approximate surface area is 281 Å². The average molecular weight is 732 g/mol. The SMILES string of the molecule is Cc1noc2ncc(S(=O)(=O)N3CSC[C@H]3C(=O)O[C@@H](Cc3c(Cl)c[n+]([O-])cc3Cl)c3ccc(OC(F)F)c(OCC4CC4)c3)cc12. The van der Waals surface area contributed by atoms with Crippen LogP contribution in [0.25, 0.3) is 11.1 Å². The van der Waals surface area contributed by atoms with Crippen molar-refractivity contribution in [1.29, 1.82) is 0 Å². The Hall–Kier alpha value is -3.44. The normalized spacial score (nSPS) is 17.7. The molecule has 0 radical (unpaired) electrons. The highest BCUT2D eigenvalue weighted by Crippen LogP contribution is 2.39. The average Bonchev–Trinajstić information content (AvgIpc) is 3.57. The molecule has 0 bridgehead atoms. The van der Waals surface area contributed by atoms with Crippen molar-refractivity contribution >= 4 is 62.1 Å². The lowest BCUT2D eigenvalue weighted by molar-refractivity contribution is -0.605. The lowest BCUT2D eigenvalue weighted by Crippen LogP contribution is -2.43. The number of thioether (sulfide) groups is 1. The Bertz CT molecular complexity index is 1910. The zero-order valence-corrected chi connectivity index (χ0v) is 27.6. The van der Waals surface area contributed by atoms with Gasteiger partial charge in [0, 0.05) is 17.7 Å². The predicted molar refractivity (Wildman–Crippen MR) is 166 cm³/mol. The van der Waals surface area contributed by atoms with Gasteiger partial charge >= 0.3 is 12.6 Å². The number of hydrogen-bond acceptors (Lipinski definition) is 11. The fourth-order valence-electron chi connectivity index (χ4n) is 4.93. The van der Waals surface area contributed by atoms with Crippen LogP contribution in [0, 0.1) is 18.0 Å². The molecule has 1 aromatic carbocycles.